The smallest absolute Gasteiger partial charge is 0.230 e. The van der Waals surface area contributed by atoms with Crippen molar-refractivity contribution in [1.82, 2.24) is 15.5 Å². The average Bonchev–Trinajstić information content (AvgIpc) is 3.42. The van der Waals surface area contributed by atoms with Crippen molar-refractivity contribution in [2.75, 3.05) is 11.9 Å². The third-order valence-corrected chi connectivity index (χ3v) is 8.25. The molecule has 0 fully saturated rings. The van der Waals surface area contributed by atoms with E-state index in [-0.39, 0.29) is 18.4 Å². The predicted molar refractivity (Wildman–Crippen MR) is 160 cm³/mol. The van der Waals surface area contributed by atoms with Gasteiger partial charge in [-0.3, -0.25) is 9.89 Å². The first-order chi connectivity index (χ1) is 20.0. The van der Waals surface area contributed by atoms with Gasteiger partial charge in [-0.25, -0.2) is 8.78 Å². The fraction of sp³-hybridized carbons (Fsp3) is 0.353. The number of amides is 1. The third-order valence-electron chi connectivity index (χ3n) is 8.25. The number of aliphatic hydroxyl groups excluding tert-OH is 1. The monoisotopic (exact) mass is 572 g/mol. The maximum atomic E-state index is 14.0. The summed E-state index contributed by atoms with van der Waals surface area (Å²) >= 11 is 0. The van der Waals surface area contributed by atoms with E-state index < -0.39 is 35.1 Å². The summed E-state index contributed by atoms with van der Waals surface area (Å²) in [5.74, 6) is -2.85. The molecule has 6 nitrogen and oxygen atoms in total. The molecule has 3 aromatic carbocycles. The van der Waals surface area contributed by atoms with E-state index >= 15 is 0 Å². The molecule has 5 rings (SSSR count). The number of halogens is 2. The number of aryl methyl sites for hydroxylation is 1. The minimum atomic E-state index is -1.14. The Labute approximate surface area is 245 Å². The number of carbonyl (C=O) groups is 1. The van der Waals surface area contributed by atoms with Gasteiger partial charge in [0.05, 0.1) is 18.2 Å². The highest BCUT2D eigenvalue weighted by molar-refractivity contribution is 5.93. The molecule has 3 atom stereocenters. The molecule has 4 aromatic rings. The summed E-state index contributed by atoms with van der Waals surface area (Å²) < 4.78 is 28.1. The molecule has 1 aromatic heterocycles. The van der Waals surface area contributed by atoms with Gasteiger partial charge in [-0.1, -0.05) is 63.2 Å². The van der Waals surface area contributed by atoms with E-state index in [2.05, 4.69) is 65.9 Å². The maximum absolute atomic E-state index is 14.0. The normalized spacial score (nSPS) is 18.2. The van der Waals surface area contributed by atoms with Crippen LogP contribution in [0.2, 0.25) is 0 Å². The molecule has 1 amide bonds. The molecule has 0 saturated carbocycles. The van der Waals surface area contributed by atoms with Crippen LogP contribution in [0.15, 0.2) is 79.0 Å². The topological polar surface area (TPSA) is 90.0 Å². The number of nitrogens with one attached hydrogen (secondary N) is 3. The van der Waals surface area contributed by atoms with Crippen molar-refractivity contribution < 1.29 is 18.7 Å². The van der Waals surface area contributed by atoms with Gasteiger partial charge in [0.25, 0.3) is 0 Å². The summed E-state index contributed by atoms with van der Waals surface area (Å²) in [6.07, 6.45) is 2.87. The minimum Gasteiger partial charge on any atom is -0.391 e. The fourth-order valence-electron chi connectivity index (χ4n) is 5.83. The van der Waals surface area contributed by atoms with Gasteiger partial charge < -0.3 is 15.7 Å². The van der Waals surface area contributed by atoms with Crippen LogP contribution in [-0.2, 0) is 35.0 Å². The molecular weight excluding hydrogens is 534 g/mol. The van der Waals surface area contributed by atoms with Crippen LogP contribution in [0.1, 0.15) is 55.1 Å². The second kappa shape index (κ2) is 12.2. The van der Waals surface area contributed by atoms with Crippen LogP contribution in [0.3, 0.4) is 0 Å². The van der Waals surface area contributed by atoms with Gasteiger partial charge in [0.15, 0.2) is 0 Å². The highest BCUT2D eigenvalue weighted by Crippen LogP contribution is 2.38. The summed E-state index contributed by atoms with van der Waals surface area (Å²) in [5, 5.41) is 25.4. The zero-order valence-corrected chi connectivity index (χ0v) is 24.3. The zero-order chi connectivity index (χ0) is 29.9. The van der Waals surface area contributed by atoms with Crippen LogP contribution in [0, 0.1) is 17.6 Å². The number of aliphatic hydroxyl groups is 1. The maximum Gasteiger partial charge on any atom is 0.230 e. The quantitative estimate of drug-likeness (QED) is 0.204. The number of benzene rings is 3. The van der Waals surface area contributed by atoms with Gasteiger partial charge >= 0.3 is 0 Å². The number of carbonyl (C=O) groups excluding carboxylic acids is 1. The van der Waals surface area contributed by atoms with E-state index in [0.717, 1.165) is 35.7 Å². The lowest BCUT2D eigenvalue weighted by atomic mass is 9.74. The second-order valence-electron chi connectivity index (χ2n) is 12.4. The summed E-state index contributed by atoms with van der Waals surface area (Å²) in [7, 11) is 0. The van der Waals surface area contributed by atoms with E-state index in [4.69, 9.17) is 0 Å². The highest BCUT2D eigenvalue weighted by Gasteiger charge is 2.39. The molecule has 220 valence electrons. The SMILES string of the molecule is CC(C)(C)c1cccc(C2(NCC(O)C(Cc3cc(F)cc(F)c3)C(=O)Nc3ccccc3)CCc3[nH]ncc3C2)c1. The Balaban J connectivity index is 1.44. The van der Waals surface area contributed by atoms with Gasteiger partial charge in [-0.05, 0) is 77.6 Å². The number of aromatic nitrogens is 2. The van der Waals surface area contributed by atoms with Crippen molar-refractivity contribution in [2.45, 2.75) is 63.5 Å². The first kappa shape index (κ1) is 29.6. The molecule has 3 unspecified atom stereocenters. The van der Waals surface area contributed by atoms with Crippen molar-refractivity contribution in [3.63, 3.8) is 0 Å². The van der Waals surface area contributed by atoms with Crippen LogP contribution in [0.5, 0.6) is 0 Å². The van der Waals surface area contributed by atoms with Crippen LogP contribution in [0.4, 0.5) is 14.5 Å². The largest absolute Gasteiger partial charge is 0.391 e. The number of para-hydroxylation sites is 1. The van der Waals surface area contributed by atoms with Gasteiger partial charge in [0.2, 0.25) is 5.91 Å². The van der Waals surface area contributed by atoms with E-state index in [9.17, 15) is 18.7 Å². The van der Waals surface area contributed by atoms with E-state index in [1.165, 1.54) is 17.7 Å². The van der Waals surface area contributed by atoms with Gasteiger partial charge in [-0.15, -0.1) is 0 Å². The minimum absolute atomic E-state index is 0.0332. The number of anilines is 1. The lowest BCUT2D eigenvalue weighted by Gasteiger charge is -2.40. The van der Waals surface area contributed by atoms with Crippen molar-refractivity contribution in [3.8, 4) is 0 Å². The lowest BCUT2D eigenvalue weighted by molar-refractivity contribution is -0.123. The summed E-state index contributed by atoms with van der Waals surface area (Å²) in [6, 6.07) is 20.7. The molecule has 1 heterocycles. The molecule has 0 bridgehead atoms. The Morgan fingerprint density at radius 1 is 1.05 bits per heavy atom. The van der Waals surface area contributed by atoms with Crippen molar-refractivity contribution in [1.29, 1.82) is 0 Å². The Hall–Kier alpha value is -3.88. The predicted octanol–water partition coefficient (Wildman–Crippen LogP) is 5.82. The van der Waals surface area contributed by atoms with Crippen molar-refractivity contribution in [3.05, 3.63) is 119 Å². The number of fused-ring (bicyclic) bond motifs is 1. The van der Waals surface area contributed by atoms with Crippen LogP contribution >= 0.6 is 0 Å². The number of nitrogens with zero attached hydrogens (tertiary/aromatic N) is 1. The number of hydrogen-bond donors (Lipinski definition) is 4. The number of aromatic amines is 1. The molecular formula is C34H38F2N4O2. The first-order valence-electron chi connectivity index (χ1n) is 14.4. The van der Waals surface area contributed by atoms with E-state index in [1.807, 2.05) is 12.3 Å². The zero-order valence-electron chi connectivity index (χ0n) is 24.3. The number of rotatable bonds is 9. The Morgan fingerprint density at radius 2 is 1.79 bits per heavy atom. The molecule has 0 spiro atoms. The van der Waals surface area contributed by atoms with Crippen LogP contribution in [-0.4, -0.2) is 33.9 Å². The summed E-state index contributed by atoms with van der Waals surface area (Å²) in [5.41, 5.74) is 4.84. The molecule has 0 aliphatic heterocycles. The molecule has 1 aliphatic rings. The van der Waals surface area contributed by atoms with Crippen LogP contribution in [0.25, 0.3) is 0 Å². The van der Waals surface area contributed by atoms with Gasteiger partial charge in [-0.2, -0.15) is 5.10 Å². The van der Waals surface area contributed by atoms with Crippen molar-refractivity contribution >= 4 is 11.6 Å². The lowest BCUT2D eigenvalue weighted by Crippen LogP contribution is -2.51. The van der Waals surface area contributed by atoms with Gasteiger partial charge in [0.1, 0.15) is 11.6 Å². The van der Waals surface area contributed by atoms with E-state index in [1.54, 1.807) is 24.3 Å². The molecule has 1 aliphatic carbocycles. The summed E-state index contributed by atoms with van der Waals surface area (Å²) in [6.45, 7) is 6.63. The van der Waals surface area contributed by atoms with E-state index in [0.29, 0.717) is 17.7 Å². The fourth-order valence-corrected chi connectivity index (χ4v) is 5.83. The Bertz CT molecular complexity index is 1510. The van der Waals surface area contributed by atoms with Crippen LogP contribution < -0.4 is 10.6 Å². The Morgan fingerprint density at radius 3 is 2.50 bits per heavy atom. The summed E-state index contributed by atoms with van der Waals surface area (Å²) in [4.78, 5) is 13.5. The highest BCUT2D eigenvalue weighted by atomic mass is 19.1. The average molecular weight is 573 g/mol. The van der Waals surface area contributed by atoms with Crippen molar-refractivity contribution in [2.24, 2.45) is 5.92 Å². The second-order valence-corrected chi connectivity index (χ2v) is 12.4. The third kappa shape index (κ3) is 6.77. The number of H-pyrrole nitrogens is 1. The molecule has 0 radical (unpaired) electrons. The molecule has 42 heavy (non-hydrogen) atoms. The molecule has 4 N–H and O–H groups in total. The Kier molecular flexibility index (Phi) is 8.57. The molecule has 8 heteroatoms. The van der Waals surface area contributed by atoms with Gasteiger partial charge in [0, 0.05) is 29.5 Å². The number of hydrogen-bond acceptors (Lipinski definition) is 4. The first-order valence-corrected chi connectivity index (χ1v) is 14.4. The standard InChI is InChI=1S/C34H38F2N4O2/c1-33(2,3)24-8-7-9-25(17-24)34(13-12-30-23(19-34)20-38-40-30)37-21-31(41)29(16-22-14-26(35)18-27(36)15-22)32(42)39-28-10-5-4-6-11-28/h4-11,14-15,17-18,20,29,31,37,41H,12-13,16,19,21H2,1-3H3,(H,38,40)(H,39,42). The molecule has 0 saturated heterocycles.